The zero-order chi connectivity index (χ0) is 53.6. The van der Waals surface area contributed by atoms with Crippen LogP contribution in [0.1, 0.15) is 361 Å². The molecule has 74 heavy (non-hydrogen) atoms. The first kappa shape index (κ1) is 71.6. The van der Waals surface area contributed by atoms with Gasteiger partial charge < -0.3 is 14.2 Å². The molecule has 1 unspecified atom stereocenters. The standard InChI is InChI=1S/C68H126O6/c1-4-7-10-13-16-19-22-24-26-28-29-30-31-32-33-34-35-36-37-38-40-41-43-46-49-52-55-58-61-67(70)73-64-65(63-72-66(69)60-57-54-51-48-45-21-18-15-12-9-6-3)74-68(71)62-59-56-53-50-47-44-42-39-27-25-23-20-17-14-11-8-5-2/h15,17-18,20,25,27,65H,4-14,16,19,21-24,26,28-64H2,1-3H3/b18-15-,20-17-,27-25-. The largest absolute Gasteiger partial charge is 0.462 e. The molecule has 0 rings (SSSR count). The van der Waals surface area contributed by atoms with Crippen molar-refractivity contribution < 1.29 is 28.6 Å². The van der Waals surface area contributed by atoms with Crippen LogP contribution in [0.5, 0.6) is 0 Å². The summed E-state index contributed by atoms with van der Waals surface area (Å²) in [5.74, 6) is -0.871. The third kappa shape index (κ3) is 60.5. The smallest absolute Gasteiger partial charge is 0.306 e. The van der Waals surface area contributed by atoms with Gasteiger partial charge in [0.1, 0.15) is 13.2 Å². The van der Waals surface area contributed by atoms with Gasteiger partial charge in [0.2, 0.25) is 0 Å². The van der Waals surface area contributed by atoms with Crippen LogP contribution in [0.2, 0.25) is 0 Å². The van der Waals surface area contributed by atoms with Crippen molar-refractivity contribution in [2.75, 3.05) is 13.2 Å². The molecule has 0 bridgehead atoms. The van der Waals surface area contributed by atoms with Crippen LogP contribution in [0.3, 0.4) is 0 Å². The lowest BCUT2D eigenvalue weighted by atomic mass is 10.0. The second-order valence-corrected chi connectivity index (χ2v) is 22.4. The van der Waals surface area contributed by atoms with E-state index in [0.717, 1.165) is 77.0 Å². The van der Waals surface area contributed by atoms with E-state index in [1.54, 1.807) is 0 Å². The first-order valence-corrected chi connectivity index (χ1v) is 33.0. The van der Waals surface area contributed by atoms with Gasteiger partial charge in [-0.25, -0.2) is 0 Å². The van der Waals surface area contributed by atoms with E-state index in [9.17, 15) is 14.4 Å². The maximum atomic E-state index is 12.9. The fraction of sp³-hybridized carbons (Fsp3) is 0.868. The van der Waals surface area contributed by atoms with Crippen LogP contribution >= 0.6 is 0 Å². The first-order valence-electron chi connectivity index (χ1n) is 33.0. The predicted molar refractivity (Wildman–Crippen MR) is 321 cm³/mol. The van der Waals surface area contributed by atoms with Gasteiger partial charge in [-0.15, -0.1) is 0 Å². The lowest BCUT2D eigenvalue weighted by Crippen LogP contribution is -2.30. The number of hydrogen-bond donors (Lipinski definition) is 0. The minimum absolute atomic E-state index is 0.0742. The van der Waals surface area contributed by atoms with E-state index in [4.69, 9.17) is 14.2 Å². The number of carbonyl (C=O) groups is 3. The Balaban J connectivity index is 4.15. The molecule has 0 spiro atoms. The van der Waals surface area contributed by atoms with Gasteiger partial charge in [0.05, 0.1) is 0 Å². The Morgan fingerprint density at radius 2 is 0.500 bits per heavy atom. The van der Waals surface area contributed by atoms with E-state index < -0.39 is 6.10 Å². The van der Waals surface area contributed by atoms with Crippen LogP contribution < -0.4 is 0 Å². The second kappa shape index (κ2) is 63.2. The van der Waals surface area contributed by atoms with Crippen molar-refractivity contribution in [3.63, 3.8) is 0 Å². The molecule has 0 heterocycles. The second-order valence-electron chi connectivity index (χ2n) is 22.4. The van der Waals surface area contributed by atoms with Crippen molar-refractivity contribution in [1.29, 1.82) is 0 Å². The lowest BCUT2D eigenvalue weighted by molar-refractivity contribution is -0.167. The normalized spacial score (nSPS) is 12.2. The third-order valence-corrected chi connectivity index (χ3v) is 14.9. The summed E-state index contributed by atoms with van der Waals surface area (Å²) in [6.45, 7) is 6.62. The Kier molecular flexibility index (Phi) is 61.1. The number of esters is 3. The molecule has 1 atom stereocenters. The van der Waals surface area contributed by atoms with E-state index >= 15 is 0 Å². The van der Waals surface area contributed by atoms with Crippen molar-refractivity contribution >= 4 is 17.9 Å². The third-order valence-electron chi connectivity index (χ3n) is 14.9. The zero-order valence-corrected chi connectivity index (χ0v) is 49.9. The average molecular weight is 1040 g/mol. The Hall–Kier alpha value is -2.37. The van der Waals surface area contributed by atoms with Crippen molar-refractivity contribution in [3.05, 3.63) is 36.5 Å². The highest BCUT2D eigenvalue weighted by atomic mass is 16.6. The molecule has 0 aliphatic heterocycles. The number of allylic oxidation sites excluding steroid dienone is 6. The monoisotopic (exact) mass is 1040 g/mol. The maximum absolute atomic E-state index is 12.9. The maximum Gasteiger partial charge on any atom is 0.306 e. The SMILES string of the molecule is CCCC/C=C\CCCCCCCC(=O)OCC(COC(=O)CCCCCCCCCCCCCCCCCCCCCCCCCCCCCC)OC(=O)CCCCCCCCC/C=C\C/C=C\CCCCC. The molecule has 0 amide bonds. The molecule has 0 aliphatic rings. The fourth-order valence-corrected chi connectivity index (χ4v) is 9.87. The summed E-state index contributed by atoms with van der Waals surface area (Å²) < 4.78 is 16.9. The van der Waals surface area contributed by atoms with E-state index in [1.165, 1.54) is 244 Å². The van der Waals surface area contributed by atoms with E-state index in [1.807, 2.05) is 0 Å². The van der Waals surface area contributed by atoms with Crippen LogP contribution in [-0.4, -0.2) is 37.2 Å². The number of rotatable bonds is 61. The molecular weight excluding hydrogens is 913 g/mol. The van der Waals surface area contributed by atoms with Crippen molar-refractivity contribution in [1.82, 2.24) is 0 Å². The topological polar surface area (TPSA) is 78.9 Å². The molecule has 0 saturated heterocycles. The molecular formula is C68H126O6. The van der Waals surface area contributed by atoms with Crippen molar-refractivity contribution in [2.24, 2.45) is 0 Å². The van der Waals surface area contributed by atoms with Gasteiger partial charge in [-0.3, -0.25) is 14.4 Å². The van der Waals surface area contributed by atoms with Crippen LogP contribution in [0, 0.1) is 0 Å². The van der Waals surface area contributed by atoms with E-state index in [0.29, 0.717) is 19.3 Å². The van der Waals surface area contributed by atoms with Crippen LogP contribution in [-0.2, 0) is 28.6 Å². The molecule has 6 heteroatoms. The molecule has 0 aliphatic carbocycles. The average Bonchev–Trinajstić information content (AvgIpc) is 3.40. The fourth-order valence-electron chi connectivity index (χ4n) is 9.87. The molecule has 0 fully saturated rings. The Bertz CT molecular complexity index is 1240. The molecule has 0 saturated carbocycles. The van der Waals surface area contributed by atoms with Gasteiger partial charge in [0, 0.05) is 19.3 Å². The van der Waals surface area contributed by atoms with Crippen LogP contribution in [0.15, 0.2) is 36.5 Å². The number of ether oxygens (including phenoxy) is 3. The number of hydrogen-bond acceptors (Lipinski definition) is 6. The zero-order valence-electron chi connectivity index (χ0n) is 49.9. The van der Waals surface area contributed by atoms with Crippen LogP contribution in [0.4, 0.5) is 0 Å². The van der Waals surface area contributed by atoms with Gasteiger partial charge in [-0.2, -0.15) is 0 Å². The summed E-state index contributed by atoms with van der Waals surface area (Å²) in [5, 5.41) is 0. The molecule has 0 N–H and O–H groups in total. The first-order chi connectivity index (χ1) is 36.5. The van der Waals surface area contributed by atoms with Gasteiger partial charge >= 0.3 is 17.9 Å². The van der Waals surface area contributed by atoms with E-state index in [-0.39, 0.29) is 31.1 Å². The molecule has 0 radical (unpaired) electrons. The Labute approximate surface area is 461 Å². The highest BCUT2D eigenvalue weighted by molar-refractivity contribution is 5.71. The molecule has 0 aromatic heterocycles. The highest BCUT2D eigenvalue weighted by Crippen LogP contribution is 2.18. The summed E-state index contributed by atoms with van der Waals surface area (Å²) in [7, 11) is 0. The highest BCUT2D eigenvalue weighted by Gasteiger charge is 2.19. The Morgan fingerprint density at radius 3 is 0.824 bits per heavy atom. The minimum Gasteiger partial charge on any atom is -0.462 e. The lowest BCUT2D eigenvalue weighted by Gasteiger charge is -2.18. The predicted octanol–water partition coefficient (Wildman–Crippen LogP) is 22.4. The number of carbonyl (C=O) groups excluding carboxylic acids is 3. The Morgan fingerprint density at radius 1 is 0.270 bits per heavy atom. The van der Waals surface area contributed by atoms with Crippen molar-refractivity contribution in [3.8, 4) is 0 Å². The number of unbranched alkanes of at least 4 members (excludes halogenated alkanes) is 44. The summed E-state index contributed by atoms with van der Waals surface area (Å²) >= 11 is 0. The molecule has 0 aromatic carbocycles. The summed E-state index contributed by atoms with van der Waals surface area (Å²) in [4.78, 5) is 38.2. The minimum atomic E-state index is -0.777. The van der Waals surface area contributed by atoms with Crippen LogP contribution in [0.25, 0.3) is 0 Å². The van der Waals surface area contributed by atoms with E-state index in [2.05, 4.69) is 57.2 Å². The van der Waals surface area contributed by atoms with Gasteiger partial charge in [-0.1, -0.05) is 308 Å². The molecule has 0 aromatic rings. The molecule has 6 nitrogen and oxygen atoms in total. The molecule has 434 valence electrons. The van der Waals surface area contributed by atoms with Gasteiger partial charge in [-0.05, 0) is 70.6 Å². The summed E-state index contributed by atoms with van der Waals surface area (Å²) in [6, 6.07) is 0. The summed E-state index contributed by atoms with van der Waals surface area (Å²) in [6.07, 6.45) is 77.5. The van der Waals surface area contributed by atoms with Gasteiger partial charge in [0.25, 0.3) is 0 Å². The van der Waals surface area contributed by atoms with Crippen molar-refractivity contribution in [2.45, 2.75) is 367 Å². The summed E-state index contributed by atoms with van der Waals surface area (Å²) in [5.41, 5.74) is 0. The van der Waals surface area contributed by atoms with Gasteiger partial charge in [0.15, 0.2) is 6.10 Å². The quantitative estimate of drug-likeness (QED) is 0.0261.